The molecule has 7 heteroatoms. The third-order valence-corrected chi connectivity index (χ3v) is 2.04. The first-order valence-electron chi connectivity index (χ1n) is 4.95. The lowest BCUT2D eigenvalue weighted by atomic mass is 10.5. The summed E-state index contributed by atoms with van der Waals surface area (Å²) in [4.78, 5) is 8.13. The summed E-state index contributed by atoms with van der Waals surface area (Å²) in [6.45, 7) is 0. The zero-order valence-electron chi connectivity index (χ0n) is 9.84. The Morgan fingerprint density at radius 1 is 1.18 bits per heavy atom. The van der Waals surface area contributed by atoms with Crippen molar-refractivity contribution < 1.29 is 9.47 Å². The summed E-state index contributed by atoms with van der Waals surface area (Å²) in [6, 6.07) is 3.74. The summed E-state index contributed by atoms with van der Waals surface area (Å²) in [5.74, 6) is 1.68. The number of aromatic nitrogens is 4. The predicted octanol–water partition coefficient (Wildman–Crippen LogP) is 0.971. The van der Waals surface area contributed by atoms with Crippen molar-refractivity contribution in [3.8, 4) is 11.9 Å². The largest absolute Gasteiger partial charge is 0.481 e. The van der Waals surface area contributed by atoms with Gasteiger partial charge in [-0.2, -0.15) is 15.1 Å². The Morgan fingerprint density at radius 3 is 2.59 bits per heavy atom. The number of anilines is 2. The topological polar surface area (TPSA) is 74.1 Å². The molecule has 2 aromatic heterocycles. The van der Waals surface area contributed by atoms with Gasteiger partial charge in [-0.3, -0.25) is 4.68 Å². The first-order valence-corrected chi connectivity index (χ1v) is 4.95. The minimum atomic E-state index is 0.239. The molecular weight excluding hydrogens is 222 g/mol. The van der Waals surface area contributed by atoms with Crippen LogP contribution < -0.4 is 14.8 Å². The lowest BCUT2D eigenvalue weighted by molar-refractivity contribution is 0.353. The molecule has 17 heavy (non-hydrogen) atoms. The number of nitrogens with zero attached hydrogens (tertiary/aromatic N) is 4. The quantitative estimate of drug-likeness (QED) is 0.851. The van der Waals surface area contributed by atoms with Gasteiger partial charge < -0.3 is 14.8 Å². The van der Waals surface area contributed by atoms with Gasteiger partial charge in [-0.05, 0) is 0 Å². The van der Waals surface area contributed by atoms with Crippen LogP contribution in [-0.2, 0) is 7.05 Å². The molecule has 2 rings (SSSR count). The van der Waals surface area contributed by atoms with Gasteiger partial charge in [0.15, 0.2) is 5.82 Å². The molecule has 7 nitrogen and oxygen atoms in total. The van der Waals surface area contributed by atoms with E-state index in [1.54, 1.807) is 10.7 Å². The highest BCUT2D eigenvalue weighted by atomic mass is 16.5. The van der Waals surface area contributed by atoms with Crippen LogP contribution in [0, 0.1) is 0 Å². The maximum Gasteiger partial charge on any atom is 0.321 e. The Labute approximate surface area is 98.4 Å². The second-order valence-electron chi connectivity index (χ2n) is 3.28. The zero-order chi connectivity index (χ0) is 12.3. The second-order valence-corrected chi connectivity index (χ2v) is 3.28. The molecule has 0 fully saturated rings. The van der Waals surface area contributed by atoms with E-state index in [1.807, 2.05) is 19.3 Å². The molecule has 0 aliphatic heterocycles. The number of nitrogens with one attached hydrogen (secondary N) is 1. The maximum absolute atomic E-state index is 5.04. The molecule has 0 aliphatic rings. The first kappa shape index (κ1) is 11.2. The van der Waals surface area contributed by atoms with Gasteiger partial charge in [-0.25, -0.2) is 0 Å². The summed E-state index contributed by atoms with van der Waals surface area (Å²) < 4.78 is 11.7. The van der Waals surface area contributed by atoms with E-state index >= 15 is 0 Å². The first-order chi connectivity index (χ1) is 8.21. The standard InChI is InChI=1S/C10H13N5O2/c1-15-5-4-7(14-15)11-8-6-9(16-2)13-10(12-8)17-3/h4-6H,1-3H3,(H,11,12,13,14). The second kappa shape index (κ2) is 4.69. The van der Waals surface area contributed by atoms with Gasteiger partial charge in [-0.1, -0.05) is 0 Å². The van der Waals surface area contributed by atoms with Gasteiger partial charge in [0.05, 0.1) is 14.2 Å². The van der Waals surface area contributed by atoms with Crippen LogP contribution in [0.1, 0.15) is 0 Å². The molecule has 1 N–H and O–H groups in total. The Kier molecular flexibility index (Phi) is 3.08. The summed E-state index contributed by atoms with van der Waals surface area (Å²) >= 11 is 0. The minimum Gasteiger partial charge on any atom is -0.481 e. The van der Waals surface area contributed by atoms with Crippen molar-refractivity contribution in [3.05, 3.63) is 18.3 Å². The van der Waals surface area contributed by atoms with Gasteiger partial charge in [0.2, 0.25) is 5.88 Å². The summed E-state index contributed by atoms with van der Waals surface area (Å²) in [5.41, 5.74) is 0. The Balaban J connectivity index is 2.25. The van der Waals surface area contributed by atoms with Crippen molar-refractivity contribution in [2.24, 2.45) is 7.05 Å². The molecular formula is C10H13N5O2. The van der Waals surface area contributed by atoms with Crippen molar-refractivity contribution in [1.29, 1.82) is 0 Å². The molecule has 0 radical (unpaired) electrons. The number of hydrogen-bond acceptors (Lipinski definition) is 6. The van der Waals surface area contributed by atoms with Crippen LogP contribution in [0.5, 0.6) is 11.9 Å². The highest BCUT2D eigenvalue weighted by molar-refractivity contribution is 5.52. The molecule has 0 spiro atoms. The van der Waals surface area contributed by atoms with Gasteiger partial charge >= 0.3 is 6.01 Å². The van der Waals surface area contributed by atoms with Crippen LogP contribution in [0.25, 0.3) is 0 Å². The van der Waals surface area contributed by atoms with Crippen LogP contribution in [0.15, 0.2) is 18.3 Å². The predicted molar refractivity (Wildman–Crippen MR) is 61.6 cm³/mol. The third-order valence-electron chi connectivity index (χ3n) is 2.04. The summed E-state index contributed by atoms with van der Waals surface area (Å²) in [7, 11) is 4.87. The van der Waals surface area contributed by atoms with E-state index in [0.29, 0.717) is 17.5 Å². The SMILES string of the molecule is COc1cc(Nc2ccn(C)n2)nc(OC)n1. The number of hydrogen-bond donors (Lipinski definition) is 1. The van der Waals surface area contributed by atoms with Gasteiger partial charge in [0.25, 0.3) is 0 Å². The van der Waals surface area contributed by atoms with Gasteiger partial charge in [0.1, 0.15) is 5.82 Å². The molecule has 0 aliphatic carbocycles. The number of aryl methyl sites for hydroxylation is 1. The van der Waals surface area contributed by atoms with Crippen molar-refractivity contribution in [1.82, 2.24) is 19.7 Å². The monoisotopic (exact) mass is 235 g/mol. The summed E-state index contributed by atoms with van der Waals surface area (Å²) in [5, 5.41) is 7.21. The number of ether oxygens (including phenoxy) is 2. The van der Waals surface area contributed by atoms with Crippen LogP contribution in [0.4, 0.5) is 11.6 Å². The average Bonchev–Trinajstić information content (AvgIpc) is 2.74. The van der Waals surface area contributed by atoms with Crippen molar-refractivity contribution in [2.75, 3.05) is 19.5 Å². The Bertz CT molecular complexity index is 489. The lowest BCUT2D eigenvalue weighted by Gasteiger charge is -2.06. The Morgan fingerprint density at radius 2 is 2.00 bits per heavy atom. The maximum atomic E-state index is 5.04. The van der Waals surface area contributed by atoms with Crippen LogP contribution >= 0.6 is 0 Å². The van der Waals surface area contributed by atoms with E-state index < -0.39 is 0 Å². The molecule has 0 unspecified atom stereocenters. The van der Waals surface area contributed by atoms with Crippen LogP contribution in [0.3, 0.4) is 0 Å². The smallest absolute Gasteiger partial charge is 0.321 e. The molecule has 0 atom stereocenters. The van der Waals surface area contributed by atoms with E-state index in [2.05, 4.69) is 20.4 Å². The van der Waals surface area contributed by atoms with Crippen LogP contribution in [0.2, 0.25) is 0 Å². The van der Waals surface area contributed by atoms with E-state index in [-0.39, 0.29) is 6.01 Å². The average molecular weight is 235 g/mol. The lowest BCUT2D eigenvalue weighted by Crippen LogP contribution is -2.01. The Hall–Kier alpha value is -2.31. The van der Waals surface area contributed by atoms with E-state index in [4.69, 9.17) is 9.47 Å². The molecule has 0 bridgehead atoms. The molecule has 0 aromatic carbocycles. The molecule has 0 saturated heterocycles. The molecule has 0 saturated carbocycles. The van der Waals surface area contributed by atoms with Crippen molar-refractivity contribution >= 4 is 11.6 Å². The van der Waals surface area contributed by atoms with E-state index in [1.165, 1.54) is 14.2 Å². The van der Waals surface area contributed by atoms with Gasteiger partial charge in [0, 0.05) is 25.4 Å². The zero-order valence-corrected chi connectivity index (χ0v) is 9.84. The van der Waals surface area contributed by atoms with E-state index in [9.17, 15) is 0 Å². The van der Waals surface area contributed by atoms with Crippen molar-refractivity contribution in [3.63, 3.8) is 0 Å². The molecule has 90 valence electrons. The van der Waals surface area contributed by atoms with Crippen LogP contribution in [-0.4, -0.2) is 34.0 Å². The molecule has 2 aromatic rings. The highest BCUT2D eigenvalue weighted by Gasteiger charge is 2.06. The van der Waals surface area contributed by atoms with Gasteiger partial charge in [-0.15, -0.1) is 0 Å². The molecule has 2 heterocycles. The summed E-state index contributed by atoms with van der Waals surface area (Å²) in [6.07, 6.45) is 1.83. The highest BCUT2D eigenvalue weighted by Crippen LogP contribution is 2.19. The third kappa shape index (κ3) is 2.63. The van der Waals surface area contributed by atoms with E-state index in [0.717, 1.165) is 0 Å². The van der Waals surface area contributed by atoms with Crippen molar-refractivity contribution in [2.45, 2.75) is 0 Å². The number of methoxy groups -OCH3 is 2. The molecule has 0 amide bonds. The number of rotatable bonds is 4. The fraction of sp³-hybridized carbons (Fsp3) is 0.300. The minimum absolute atomic E-state index is 0.239. The fourth-order valence-corrected chi connectivity index (χ4v) is 1.28. The fourth-order valence-electron chi connectivity index (χ4n) is 1.28. The normalized spacial score (nSPS) is 10.1.